The van der Waals surface area contributed by atoms with Crippen molar-refractivity contribution in [1.82, 2.24) is 0 Å². The molecule has 1 nitrogen and oxygen atoms in total. The monoisotopic (exact) mass is 430 g/mol. The number of hydrogen-bond acceptors (Lipinski definition) is 1. The Labute approximate surface area is 78.9 Å². The van der Waals surface area contributed by atoms with Crippen molar-refractivity contribution in [3.8, 4) is 0 Å². The molecule has 0 saturated carbocycles. The predicted octanol–water partition coefficient (Wildman–Crippen LogP) is 0.705. The summed E-state index contributed by atoms with van der Waals surface area (Å²) in [7, 11) is 5.15. The molecule has 0 N–H and O–H groups in total. The molecule has 0 aliphatic heterocycles. The predicted molar refractivity (Wildman–Crippen MR) is 39.7 cm³/mol. The summed E-state index contributed by atoms with van der Waals surface area (Å²) in [6.07, 6.45) is 0. The third kappa shape index (κ3) is 7.26. The number of nitrogens with zero attached hydrogens (tertiary/aromatic N) is 1. The molecule has 0 fully saturated rings. The van der Waals surface area contributed by atoms with E-state index >= 15 is 0 Å². The van der Waals surface area contributed by atoms with Gasteiger partial charge in [-0.1, -0.05) is 4.51 Å². The van der Waals surface area contributed by atoms with Crippen LogP contribution in [0.1, 0.15) is 0 Å². The molecule has 0 bridgehead atoms. The van der Waals surface area contributed by atoms with Crippen molar-refractivity contribution in [3.63, 3.8) is 0 Å². The zero-order valence-corrected chi connectivity index (χ0v) is 10.1. The molecule has 0 saturated heterocycles. The summed E-state index contributed by atoms with van der Waals surface area (Å²) in [5, 5.41) is 0. The van der Waals surface area contributed by atoms with Crippen LogP contribution in [0, 0.1) is 35.1 Å². The van der Waals surface area contributed by atoms with Crippen LogP contribution in [0.3, 0.4) is 0 Å². The Morgan fingerprint density at radius 3 is 2.14 bits per heavy atom. The first kappa shape index (κ1) is 11.1. The Balaban J connectivity index is 0. The standard InChI is InChI=1S/C3H4BIN.U/c1-5-3(4)6-2;/h1-2H2;/q-1;. The van der Waals surface area contributed by atoms with Crippen LogP contribution in [0.4, 0.5) is 0 Å². The summed E-state index contributed by atoms with van der Waals surface area (Å²) in [6.45, 7) is 3.21. The molecule has 7 heavy (non-hydrogen) atoms. The second-order valence-corrected chi connectivity index (χ2v) is 2.48. The van der Waals surface area contributed by atoms with E-state index in [4.69, 9.17) is 7.85 Å². The van der Waals surface area contributed by atoms with Crippen LogP contribution in [-0.4, -0.2) is 19.1 Å². The van der Waals surface area contributed by atoms with Crippen molar-refractivity contribution >= 4 is 39.8 Å². The van der Waals surface area contributed by atoms with Gasteiger partial charge < -0.3 is 4.99 Å². The molecule has 0 amide bonds. The van der Waals surface area contributed by atoms with Crippen LogP contribution in [0.5, 0.6) is 0 Å². The minimum Gasteiger partial charge on any atom is -0.456 e. The summed E-state index contributed by atoms with van der Waals surface area (Å²) in [4.78, 5) is 3.44. The molecule has 0 heterocycles. The number of rotatable bonds is 2. The van der Waals surface area contributed by atoms with Crippen molar-refractivity contribution in [1.29, 1.82) is 0 Å². The van der Waals surface area contributed by atoms with Crippen molar-refractivity contribution in [2.24, 2.45) is 4.99 Å². The molecule has 0 rings (SSSR count). The van der Waals surface area contributed by atoms with Crippen molar-refractivity contribution < 1.29 is 31.1 Å². The molecular formula is C3H4BINU-. The summed E-state index contributed by atoms with van der Waals surface area (Å²) in [6, 6.07) is 0. The Hall–Kier alpha value is 1.26. The van der Waals surface area contributed by atoms with Gasteiger partial charge in [0.05, 0.1) is 0 Å². The van der Waals surface area contributed by atoms with Crippen LogP contribution < -0.4 is 0 Å². The molecule has 0 aromatic heterocycles. The Kier molecular flexibility index (Phi) is 11.5. The molecule has 0 aromatic rings. The number of aliphatic imine (C=N–C) groups is 1. The molecule has 0 aliphatic rings. The maximum Gasteiger partial charge on any atom is 0.00487 e. The first-order chi connectivity index (χ1) is 2.81. The third-order valence-electron chi connectivity index (χ3n) is 0.288. The van der Waals surface area contributed by atoms with Gasteiger partial charge in [-0.25, -0.2) is 0 Å². The van der Waals surface area contributed by atoms with E-state index in [-0.39, 0.29) is 51.8 Å². The molecule has 0 aromatic carbocycles. The number of halogens is 1. The Bertz CT molecular complexity index is 60.0. The summed E-state index contributed by atoms with van der Waals surface area (Å²) in [5.41, 5.74) is 0. The van der Waals surface area contributed by atoms with Gasteiger partial charge in [-0.3, -0.25) is 0 Å². The Morgan fingerprint density at radius 2 is 2.14 bits per heavy atom. The van der Waals surface area contributed by atoms with Gasteiger partial charge in [-0.15, -0.1) is 3.95 Å². The fraction of sp³-hybridized carbons (Fsp3) is 0. The fourth-order valence-electron chi connectivity index (χ4n) is 0.0423. The maximum atomic E-state index is 5.15. The van der Waals surface area contributed by atoms with E-state index in [9.17, 15) is 0 Å². The van der Waals surface area contributed by atoms with Crippen LogP contribution >= 0.6 is 20.7 Å². The molecule has 36 valence electrons. The average Bonchev–Trinajstić information content (AvgIpc) is 1.65. The van der Waals surface area contributed by atoms with Crippen LogP contribution in [0.25, 0.3) is 0 Å². The average molecular weight is 430 g/mol. The second-order valence-electron chi connectivity index (χ2n) is 0.614. The quantitative estimate of drug-likeness (QED) is 0.201. The molecule has 0 atom stereocenters. The third-order valence-corrected chi connectivity index (χ3v) is 1.41. The zero-order chi connectivity index (χ0) is 4.99. The first-order valence-electron chi connectivity index (χ1n) is 1.28. The van der Waals surface area contributed by atoms with Gasteiger partial charge in [0, 0.05) is 39.0 Å². The smallest absolute Gasteiger partial charge is 0.00487 e. The Morgan fingerprint density at radius 1 is 1.71 bits per heavy atom. The maximum absolute atomic E-state index is 5.15. The van der Waals surface area contributed by atoms with Gasteiger partial charge in [-0.05, 0) is 0 Å². The summed E-state index contributed by atoms with van der Waals surface area (Å²) < 4.78 is 4.18. The van der Waals surface area contributed by atoms with Gasteiger partial charge in [0.1, 0.15) is 0 Å². The van der Waals surface area contributed by atoms with Gasteiger partial charge in [0.25, 0.3) is 0 Å². The van der Waals surface area contributed by atoms with Crippen molar-refractivity contribution in [2.45, 2.75) is 0 Å². The fourth-order valence-corrected chi connectivity index (χ4v) is 0.283. The number of hydrogen-bond donors (Lipinski definition) is 0. The van der Waals surface area contributed by atoms with E-state index in [2.05, 4.69) is 16.2 Å². The van der Waals surface area contributed by atoms with Gasteiger partial charge in [-0.2, -0.15) is 27.4 Å². The van der Waals surface area contributed by atoms with Gasteiger partial charge in [0.15, 0.2) is 0 Å². The molecule has 4 heteroatoms. The topological polar surface area (TPSA) is 12.4 Å². The minimum atomic E-state index is -0.240. The molecule has 0 spiro atoms. The molecular weight excluding hydrogens is 426 g/mol. The van der Waals surface area contributed by atoms with Crippen molar-refractivity contribution in [2.75, 3.05) is 0 Å². The molecule has 0 unspecified atom stereocenters. The van der Waals surface area contributed by atoms with E-state index in [1.807, 2.05) is 0 Å². The SMILES string of the molecule is [B][C-](N=C)I=C.[U]. The van der Waals surface area contributed by atoms with Gasteiger partial charge >= 0.3 is 0 Å². The van der Waals surface area contributed by atoms with Gasteiger partial charge in [0.2, 0.25) is 0 Å². The van der Waals surface area contributed by atoms with Crippen LogP contribution in [-0.2, 0) is 0 Å². The van der Waals surface area contributed by atoms with Crippen molar-refractivity contribution in [3.05, 3.63) is 3.95 Å². The van der Waals surface area contributed by atoms with E-state index in [0.29, 0.717) is 3.95 Å². The van der Waals surface area contributed by atoms with E-state index < -0.39 is 0 Å². The van der Waals surface area contributed by atoms with Crippen LogP contribution in [0.15, 0.2) is 4.99 Å². The minimum absolute atomic E-state index is 0. The summed E-state index contributed by atoms with van der Waals surface area (Å²) >= 11 is -0.240. The summed E-state index contributed by atoms with van der Waals surface area (Å²) in [5.74, 6) is 0. The largest absolute Gasteiger partial charge is 0.456 e. The first-order valence-corrected chi connectivity index (χ1v) is 3.89. The zero-order valence-electron chi connectivity index (χ0n) is 3.82. The van der Waals surface area contributed by atoms with E-state index in [1.165, 1.54) is 0 Å². The normalized spacial score (nSPS) is 6.29. The molecule has 2 radical (unpaired) electrons. The van der Waals surface area contributed by atoms with E-state index in [1.54, 1.807) is 0 Å². The van der Waals surface area contributed by atoms with Crippen LogP contribution in [0.2, 0.25) is 0 Å². The second kappa shape index (κ2) is 7.26. The molecule has 0 aliphatic carbocycles. The van der Waals surface area contributed by atoms with E-state index in [0.717, 1.165) is 0 Å².